The molecule has 0 spiro atoms. The van der Waals surface area contributed by atoms with Crippen molar-refractivity contribution >= 4 is 0 Å². The quantitative estimate of drug-likeness (QED) is 0.824. The second kappa shape index (κ2) is 5.87. The molecule has 1 unspecified atom stereocenters. The van der Waals surface area contributed by atoms with Crippen LogP contribution in [-0.2, 0) is 0 Å². The van der Waals surface area contributed by atoms with Crippen molar-refractivity contribution in [2.24, 2.45) is 17.6 Å². The Morgan fingerprint density at radius 1 is 1.10 bits per heavy atom. The molecule has 2 heteroatoms. The Morgan fingerprint density at radius 3 is 2.25 bits per heavy atom. The molecule has 0 heterocycles. The van der Waals surface area contributed by atoms with Crippen LogP contribution in [0.3, 0.4) is 0 Å². The molecule has 2 fully saturated rings. The molecule has 0 radical (unpaired) electrons. The minimum absolute atomic E-state index is 0.160. The van der Waals surface area contributed by atoms with E-state index >= 15 is 0 Å². The van der Waals surface area contributed by atoms with Gasteiger partial charge >= 0.3 is 0 Å². The molecule has 2 aliphatic carbocycles. The van der Waals surface area contributed by atoms with Crippen molar-refractivity contribution in [3.63, 3.8) is 0 Å². The van der Waals surface area contributed by atoms with E-state index in [0.717, 1.165) is 18.4 Å². The third-order valence-corrected chi connectivity index (χ3v) is 4.72. The fraction of sp³-hybridized carbons (Fsp3) is 0.667. The van der Waals surface area contributed by atoms with E-state index < -0.39 is 0 Å². The highest BCUT2D eigenvalue weighted by molar-refractivity contribution is 5.33. The molecule has 2 N–H and O–H groups in total. The summed E-state index contributed by atoms with van der Waals surface area (Å²) >= 11 is 0. The molecular formula is C18H28N2. The van der Waals surface area contributed by atoms with Crippen molar-refractivity contribution < 1.29 is 0 Å². The monoisotopic (exact) mass is 272 g/mol. The van der Waals surface area contributed by atoms with Crippen LogP contribution in [0.5, 0.6) is 0 Å². The molecule has 2 nitrogen and oxygen atoms in total. The standard InChI is InChI=1S/C18H28N2/c1-13-3-4-14(2)17(9-13)18(19)12-20(10-15-5-6-15)11-16-7-8-16/h3-4,9,15-16,18H,5-8,10-12,19H2,1-2H3. The zero-order valence-electron chi connectivity index (χ0n) is 12.9. The Balaban J connectivity index is 1.64. The molecule has 0 aliphatic heterocycles. The normalized spacial score (nSPS) is 20.4. The molecule has 1 aromatic carbocycles. The minimum Gasteiger partial charge on any atom is -0.323 e. The number of hydrogen-bond donors (Lipinski definition) is 1. The van der Waals surface area contributed by atoms with Gasteiger partial charge in [-0.1, -0.05) is 23.8 Å². The van der Waals surface area contributed by atoms with Crippen LogP contribution in [0.25, 0.3) is 0 Å². The highest BCUT2D eigenvalue weighted by Crippen LogP contribution is 2.34. The molecule has 0 bridgehead atoms. The molecular weight excluding hydrogens is 244 g/mol. The van der Waals surface area contributed by atoms with E-state index in [1.807, 2.05) is 0 Å². The summed E-state index contributed by atoms with van der Waals surface area (Å²) in [7, 11) is 0. The Morgan fingerprint density at radius 2 is 1.70 bits per heavy atom. The molecule has 20 heavy (non-hydrogen) atoms. The average Bonchev–Trinajstić information content (AvgIpc) is 3.28. The first-order valence-corrected chi connectivity index (χ1v) is 8.17. The predicted molar refractivity (Wildman–Crippen MR) is 84.7 cm³/mol. The minimum atomic E-state index is 0.160. The lowest BCUT2D eigenvalue weighted by molar-refractivity contribution is 0.238. The summed E-state index contributed by atoms with van der Waals surface area (Å²) in [6.07, 6.45) is 5.72. The van der Waals surface area contributed by atoms with Gasteiger partial charge in [0.25, 0.3) is 0 Å². The van der Waals surface area contributed by atoms with Crippen LogP contribution in [0.15, 0.2) is 18.2 Å². The van der Waals surface area contributed by atoms with E-state index in [2.05, 4.69) is 36.9 Å². The van der Waals surface area contributed by atoms with Crippen LogP contribution >= 0.6 is 0 Å². The topological polar surface area (TPSA) is 29.3 Å². The summed E-state index contributed by atoms with van der Waals surface area (Å²) in [5.41, 5.74) is 10.5. The van der Waals surface area contributed by atoms with Crippen LogP contribution < -0.4 is 5.73 Å². The smallest absolute Gasteiger partial charge is 0.0427 e. The third-order valence-electron chi connectivity index (χ3n) is 4.72. The van der Waals surface area contributed by atoms with Gasteiger partial charge in [0.1, 0.15) is 0 Å². The van der Waals surface area contributed by atoms with E-state index in [1.54, 1.807) is 0 Å². The summed E-state index contributed by atoms with van der Waals surface area (Å²) in [4.78, 5) is 2.64. The Bertz CT molecular complexity index is 446. The second-order valence-electron chi connectivity index (χ2n) is 7.07. The number of rotatable bonds is 7. The van der Waals surface area contributed by atoms with Crippen molar-refractivity contribution in [3.8, 4) is 0 Å². The van der Waals surface area contributed by atoms with Crippen LogP contribution in [0, 0.1) is 25.7 Å². The highest BCUT2D eigenvalue weighted by atomic mass is 15.1. The molecule has 110 valence electrons. The first kappa shape index (κ1) is 14.1. The lowest BCUT2D eigenvalue weighted by Crippen LogP contribution is -2.35. The van der Waals surface area contributed by atoms with Crippen LogP contribution in [-0.4, -0.2) is 24.5 Å². The maximum atomic E-state index is 6.52. The number of nitrogens with zero attached hydrogens (tertiary/aromatic N) is 1. The molecule has 0 saturated heterocycles. The summed E-state index contributed by atoms with van der Waals surface area (Å²) < 4.78 is 0. The zero-order chi connectivity index (χ0) is 14.1. The van der Waals surface area contributed by atoms with Gasteiger partial charge in [0.05, 0.1) is 0 Å². The average molecular weight is 272 g/mol. The first-order chi connectivity index (χ1) is 9.61. The Kier molecular flexibility index (Phi) is 4.13. The fourth-order valence-corrected chi connectivity index (χ4v) is 3.09. The molecule has 1 atom stereocenters. The van der Waals surface area contributed by atoms with Crippen molar-refractivity contribution in [3.05, 3.63) is 34.9 Å². The Hall–Kier alpha value is -0.860. The fourth-order valence-electron chi connectivity index (χ4n) is 3.09. The summed E-state index contributed by atoms with van der Waals surface area (Å²) in [6, 6.07) is 6.81. The number of nitrogens with two attached hydrogens (primary N) is 1. The van der Waals surface area contributed by atoms with Gasteiger partial charge in [0.15, 0.2) is 0 Å². The van der Waals surface area contributed by atoms with Crippen LogP contribution in [0.1, 0.15) is 48.4 Å². The van der Waals surface area contributed by atoms with Gasteiger partial charge in [-0.05, 0) is 62.5 Å². The van der Waals surface area contributed by atoms with E-state index in [1.165, 1.54) is 55.5 Å². The molecule has 0 amide bonds. The second-order valence-corrected chi connectivity index (χ2v) is 7.07. The third kappa shape index (κ3) is 3.83. The lowest BCUT2D eigenvalue weighted by Gasteiger charge is -2.26. The van der Waals surface area contributed by atoms with Crippen LogP contribution in [0.2, 0.25) is 0 Å². The number of benzene rings is 1. The van der Waals surface area contributed by atoms with Gasteiger partial charge in [0.2, 0.25) is 0 Å². The van der Waals surface area contributed by atoms with Gasteiger partial charge < -0.3 is 10.6 Å². The molecule has 0 aromatic heterocycles. The van der Waals surface area contributed by atoms with Crippen molar-refractivity contribution in [2.75, 3.05) is 19.6 Å². The lowest BCUT2D eigenvalue weighted by atomic mass is 9.99. The Labute approximate surface area is 123 Å². The van der Waals surface area contributed by atoms with Crippen molar-refractivity contribution in [2.45, 2.75) is 45.6 Å². The summed E-state index contributed by atoms with van der Waals surface area (Å²) in [5.74, 6) is 1.92. The van der Waals surface area contributed by atoms with E-state index in [4.69, 9.17) is 5.73 Å². The van der Waals surface area contributed by atoms with Crippen LogP contribution in [0.4, 0.5) is 0 Å². The van der Waals surface area contributed by atoms with Gasteiger partial charge in [-0.2, -0.15) is 0 Å². The number of hydrogen-bond acceptors (Lipinski definition) is 2. The zero-order valence-corrected chi connectivity index (χ0v) is 12.9. The van der Waals surface area contributed by atoms with E-state index in [9.17, 15) is 0 Å². The van der Waals surface area contributed by atoms with Gasteiger partial charge in [-0.15, -0.1) is 0 Å². The largest absolute Gasteiger partial charge is 0.323 e. The summed E-state index contributed by atoms with van der Waals surface area (Å²) in [5, 5.41) is 0. The molecule has 2 saturated carbocycles. The highest BCUT2D eigenvalue weighted by Gasteiger charge is 2.30. The van der Waals surface area contributed by atoms with Crippen molar-refractivity contribution in [1.29, 1.82) is 0 Å². The first-order valence-electron chi connectivity index (χ1n) is 8.17. The maximum Gasteiger partial charge on any atom is 0.0427 e. The predicted octanol–water partition coefficient (Wildman–Crippen LogP) is 3.43. The van der Waals surface area contributed by atoms with Gasteiger partial charge in [0, 0.05) is 25.7 Å². The molecule has 1 aromatic rings. The van der Waals surface area contributed by atoms with E-state index in [0.29, 0.717) is 0 Å². The van der Waals surface area contributed by atoms with Crippen molar-refractivity contribution in [1.82, 2.24) is 4.90 Å². The SMILES string of the molecule is Cc1ccc(C)c(C(N)CN(CC2CC2)CC2CC2)c1. The summed E-state index contributed by atoms with van der Waals surface area (Å²) in [6.45, 7) is 7.91. The van der Waals surface area contributed by atoms with Gasteiger partial charge in [-0.3, -0.25) is 0 Å². The van der Waals surface area contributed by atoms with E-state index in [-0.39, 0.29) is 6.04 Å². The van der Waals surface area contributed by atoms with Gasteiger partial charge in [-0.25, -0.2) is 0 Å². The maximum absolute atomic E-state index is 6.52. The number of aryl methyl sites for hydroxylation is 2. The molecule has 3 rings (SSSR count). The molecule has 2 aliphatic rings.